The van der Waals surface area contributed by atoms with Crippen LogP contribution in [0.25, 0.3) is 0 Å². The predicted molar refractivity (Wildman–Crippen MR) is 98.2 cm³/mol. The molecule has 0 spiro atoms. The van der Waals surface area contributed by atoms with Gasteiger partial charge in [0.15, 0.2) is 24.1 Å². The van der Waals surface area contributed by atoms with Crippen LogP contribution in [0.3, 0.4) is 0 Å². The first-order valence-corrected chi connectivity index (χ1v) is 7.22. The summed E-state index contributed by atoms with van der Waals surface area (Å²) in [6, 6.07) is 4.65. The molecule has 0 aliphatic heterocycles. The van der Waals surface area contributed by atoms with Gasteiger partial charge in [-0.3, -0.25) is 0 Å². The summed E-state index contributed by atoms with van der Waals surface area (Å²) in [7, 11) is 1.37. The minimum atomic E-state index is -4.40. The van der Waals surface area contributed by atoms with Crippen molar-refractivity contribution in [3.63, 3.8) is 0 Å². The fraction of sp³-hybridized carbons (Fsp3) is 0.533. The number of ether oxygens (including phenoxy) is 2. The molecule has 0 radical (unpaired) electrons. The second-order valence-electron chi connectivity index (χ2n) is 4.74. The molecule has 1 aromatic rings. The highest BCUT2D eigenvalue weighted by Gasteiger charge is 2.29. The van der Waals surface area contributed by atoms with Gasteiger partial charge in [-0.05, 0) is 31.5 Å². The lowest BCUT2D eigenvalue weighted by atomic mass is 10.2. The number of methoxy groups -OCH3 is 1. The fourth-order valence-electron chi connectivity index (χ4n) is 1.91. The molecule has 0 fully saturated rings. The molecular formula is C15H23F3IN3O2. The summed E-state index contributed by atoms with van der Waals surface area (Å²) in [6.07, 6.45) is -4.40. The lowest BCUT2D eigenvalue weighted by molar-refractivity contribution is -0.153. The van der Waals surface area contributed by atoms with E-state index in [0.29, 0.717) is 12.5 Å². The summed E-state index contributed by atoms with van der Waals surface area (Å²) in [5.41, 5.74) is 6.64. The maximum absolute atomic E-state index is 12.2. The quantitative estimate of drug-likeness (QED) is 0.384. The topological polar surface area (TPSA) is 60.1 Å². The van der Waals surface area contributed by atoms with E-state index < -0.39 is 12.8 Å². The molecule has 0 aliphatic carbocycles. The molecule has 0 aliphatic rings. The Morgan fingerprint density at radius 1 is 1.21 bits per heavy atom. The third kappa shape index (κ3) is 7.45. The molecule has 0 atom stereocenters. The Kier molecular flexibility index (Phi) is 9.86. The maximum Gasteiger partial charge on any atom is 0.422 e. The summed E-state index contributed by atoms with van der Waals surface area (Å²) in [4.78, 5) is 6.17. The number of aliphatic imine (C=N–C) groups is 1. The van der Waals surface area contributed by atoms with Crippen molar-refractivity contribution in [1.82, 2.24) is 4.90 Å². The Hall–Kier alpha value is -1.39. The van der Waals surface area contributed by atoms with Crippen molar-refractivity contribution in [1.29, 1.82) is 0 Å². The van der Waals surface area contributed by atoms with Gasteiger partial charge in [0.05, 0.1) is 13.7 Å². The van der Waals surface area contributed by atoms with E-state index >= 15 is 0 Å². The number of halogens is 4. The van der Waals surface area contributed by atoms with Crippen LogP contribution in [0, 0.1) is 0 Å². The van der Waals surface area contributed by atoms with Crippen LogP contribution < -0.4 is 15.2 Å². The van der Waals surface area contributed by atoms with Crippen LogP contribution in [0.2, 0.25) is 0 Å². The first-order chi connectivity index (χ1) is 10.8. The summed E-state index contributed by atoms with van der Waals surface area (Å²) >= 11 is 0. The minimum Gasteiger partial charge on any atom is -0.493 e. The summed E-state index contributed by atoms with van der Waals surface area (Å²) in [5.74, 6) is 0.684. The molecule has 0 saturated heterocycles. The van der Waals surface area contributed by atoms with Gasteiger partial charge < -0.3 is 20.1 Å². The number of hydrogen-bond acceptors (Lipinski definition) is 3. The Labute approximate surface area is 157 Å². The number of guanidine groups is 1. The van der Waals surface area contributed by atoms with E-state index in [4.69, 9.17) is 15.2 Å². The minimum absolute atomic E-state index is 0. The maximum atomic E-state index is 12.2. The molecule has 0 saturated carbocycles. The van der Waals surface area contributed by atoms with Crippen molar-refractivity contribution in [2.75, 3.05) is 26.8 Å². The van der Waals surface area contributed by atoms with Gasteiger partial charge in [-0.1, -0.05) is 6.07 Å². The van der Waals surface area contributed by atoms with Gasteiger partial charge >= 0.3 is 6.18 Å². The number of hydrogen-bond donors (Lipinski definition) is 1. The zero-order valence-electron chi connectivity index (χ0n) is 13.9. The zero-order valence-corrected chi connectivity index (χ0v) is 16.2. The van der Waals surface area contributed by atoms with Crippen LogP contribution in [-0.4, -0.2) is 43.8 Å². The number of nitrogens with zero attached hydrogens (tertiary/aromatic N) is 2. The SMILES string of the molecule is CCN(CC)C(N)=NCc1ccc(OCC(F)(F)F)c(OC)c1.I. The third-order valence-electron chi connectivity index (χ3n) is 3.13. The van der Waals surface area contributed by atoms with Gasteiger partial charge in [-0.15, -0.1) is 24.0 Å². The third-order valence-corrected chi connectivity index (χ3v) is 3.13. The Bertz CT molecular complexity index is 535. The molecule has 9 heteroatoms. The van der Waals surface area contributed by atoms with E-state index in [0.717, 1.165) is 18.7 Å². The highest BCUT2D eigenvalue weighted by atomic mass is 127. The van der Waals surface area contributed by atoms with Gasteiger partial charge in [0.2, 0.25) is 0 Å². The summed E-state index contributed by atoms with van der Waals surface area (Å²) in [5, 5.41) is 0. The average molecular weight is 461 g/mol. The van der Waals surface area contributed by atoms with Crippen molar-refractivity contribution in [2.24, 2.45) is 10.7 Å². The van der Waals surface area contributed by atoms with E-state index in [1.165, 1.54) is 13.2 Å². The lowest BCUT2D eigenvalue weighted by Crippen LogP contribution is -2.37. The Balaban J connectivity index is 0.00000529. The first-order valence-electron chi connectivity index (χ1n) is 7.22. The van der Waals surface area contributed by atoms with Crippen LogP contribution in [0.5, 0.6) is 11.5 Å². The molecule has 0 amide bonds. The number of alkyl halides is 3. The summed E-state index contributed by atoms with van der Waals surface area (Å²) in [6.45, 7) is 4.39. The number of nitrogens with two attached hydrogens (primary N) is 1. The molecule has 2 N–H and O–H groups in total. The van der Waals surface area contributed by atoms with Gasteiger partial charge in [0.25, 0.3) is 0 Å². The predicted octanol–water partition coefficient (Wildman–Crippen LogP) is 3.41. The molecule has 5 nitrogen and oxygen atoms in total. The fourth-order valence-corrected chi connectivity index (χ4v) is 1.91. The normalized spacial score (nSPS) is 11.7. The first kappa shape index (κ1) is 22.6. The van der Waals surface area contributed by atoms with Gasteiger partial charge in [0, 0.05) is 13.1 Å². The molecule has 24 heavy (non-hydrogen) atoms. The van der Waals surface area contributed by atoms with Crippen molar-refractivity contribution in [3.05, 3.63) is 23.8 Å². The molecular weight excluding hydrogens is 438 g/mol. The van der Waals surface area contributed by atoms with E-state index in [1.807, 2.05) is 18.7 Å². The van der Waals surface area contributed by atoms with Crippen LogP contribution >= 0.6 is 24.0 Å². The largest absolute Gasteiger partial charge is 0.493 e. The lowest BCUT2D eigenvalue weighted by Gasteiger charge is -2.19. The van der Waals surface area contributed by atoms with Crippen molar-refractivity contribution in [3.8, 4) is 11.5 Å². The van der Waals surface area contributed by atoms with E-state index in [2.05, 4.69) is 4.99 Å². The standard InChI is InChI=1S/C15H22F3N3O2.HI/c1-4-21(5-2)14(19)20-9-11-6-7-12(13(8-11)22-3)23-10-15(16,17)18;/h6-8H,4-5,9-10H2,1-3H3,(H2,19,20);1H. The van der Waals surface area contributed by atoms with E-state index in [-0.39, 0.29) is 35.5 Å². The molecule has 138 valence electrons. The smallest absolute Gasteiger partial charge is 0.422 e. The zero-order chi connectivity index (χ0) is 17.5. The van der Waals surface area contributed by atoms with Crippen molar-refractivity contribution in [2.45, 2.75) is 26.6 Å². The number of benzene rings is 1. The average Bonchev–Trinajstić information content (AvgIpc) is 2.51. The van der Waals surface area contributed by atoms with Gasteiger partial charge in [0.1, 0.15) is 0 Å². The molecule has 0 bridgehead atoms. The van der Waals surface area contributed by atoms with E-state index in [9.17, 15) is 13.2 Å². The summed E-state index contributed by atoms with van der Waals surface area (Å²) < 4.78 is 46.4. The van der Waals surface area contributed by atoms with Crippen molar-refractivity contribution >= 4 is 29.9 Å². The molecule has 0 unspecified atom stereocenters. The van der Waals surface area contributed by atoms with Crippen molar-refractivity contribution < 1.29 is 22.6 Å². The highest BCUT2D eigenvalue weighted by molar-refractivity contribution is 14.0. The van der Waals surface area contributed by atoms with Gasteiger partial charge in [-0.2, -0.15) is 13.2 Å². The van der Waals surface area contributed by atoms with Gasteiger partial charge in [-0.25, -0.2) is 4.99 Å². The van der Waals surface area contributed by atoms with Crippen LogP contribution in [0.15, 0.2) is 23.2 Å². The Morgan fingerprint density at radius 3 is 2.33 bits per heavy atom. The van der Waals surface area contributed by atoms with Crippen LogP contribution in [-0.2, 0) is 6.54 Å². The Morgan fingerprint density at radius 2 is 1.83 bits per heavy atom. The molecule has 1 rings (SSSR count). The number of rotatable bonds is 7. The van der Waals surface area contributed by atoms with Crippen LogP contribution in [0.4, 0.5) is 13.2 Å². The van der Waals surface area contributed by atoms with E-state index in [1.54, 1.807) is 12.1 Å². The molecule has 1 aromatic carbocycles. The second kappa shape index (κ2) is 10.5. The monoisotopic (exact) mass is 461 g/mol. The molecule has 0 heterocycles. The second-order valence-corrected chi connectivity index (χ2v) is 4.74. The highest BCUT2D eigenvalue weighted by Crippen LogP contribution is 2.30. The van der Waals surface area contributed by atoms with Crippen LogP contribution in [0.1, 0.15) is 19.4 Å². The molecule has 0 aromatic heterocycles.